The van der Waals surface area contributed by atoms with Crippen molar-refractivity contribution in [2.24, 2.45) is 0 Å². The summed E-state index contributed by atoms with van der Waals surface area (Å²) in [7, 11) is 4.85. The summed E-state index contributed by atoms with van der Waals surface area (Å²) in [6.07, 6.45) is 1.54. The van der Waals surface area contributed by atoms with Crippen LogP contribution in [0.25, 0.3) is 0 Å². The number of nitriles is 1. The van der Waals surface area contributed by atoms with E-state index in [1.54, 1.807) is 21.3 Å². The zero-order valence-corrected chi connectivity index (χ0v) is 14.6. The normalized spacial score (nSPS) is 11.5. The molecule has 0 fully saturated rings. The summed E-state index contributed by atoms with van der Waals surface area (Å²) in [5.41, 5.74) is 3.17. The molecule has 0 spiro atoms. The van der Waals surface area contributed by atoms with E-state index in [1.165, 1.54) is 5.56 Å². The van der Waals surface area contributed by atoms with Crippen LogP contribution in [0.15, 0.2) is 36.4 Å². The molecule has 1 unspecified atom stereocenters. The Labute approximate surface area is 143 Å². The molecule has 2 rings (SSSR count). The van der Waals surface area contributed by atoms with Crippen LogP contribution in [0, 0.1) is 11.3 Å². The highest BCUT2D eigenvalue weighted by molar-refractivity contribution is 5.46. The second-order valence-electron chi connectivity index (χ2n) is 5.50. The SMILES string of the molecule is CCc1ccc(OC)c(CC(C#N)c2ccc(OC)c(OC)c2)c1. The van der Waals surface area contributed by atoms with Crippen LogP contribution in [0.3, 0.4) is 0 Å². The van der Waals surface area contributed by atoms with Gasteiger partial charge >= 0.3 is 0 Å². The van der Waals surface area contributed by atoms with Crippen LogP contribution in [0.2, 0.25) is 0 Å². The van der Waals surface area contributed by atoms with Crippen molar-refractivity contribution < 1.29 is 14.2 Å². The Hall–Kier alpha value is -2.67. The highest BCUT2D eigenvalue weighted by Gasteiger charge is 2.17. The molecule has 4 heteroatoms. The Kier molecular flexibility index (Phi) is 6.08. The van der Waals surface area contributed by atoms with Gasteiger partial charge in [0.25, 0.3) is 0 Å². The molecule has 2 aromatic rings. The van der Waals surface area contributed by atoms with E-state index in [0.717, 1.165) is 23.3 Å². The van der Waals surface area contributed by atoms with Crippen molar-refractivity contribution in [3.8, 4) is 23.3 Å². The maximum Gasteiger partial charge on any atom is 0.161 e. The minimum atomic E-state index is -0.286. The van der Waals surface area contributed by atoms with Crippen molar-refractivity contribution in [2.45, 2.75) is 25.7 Å². The highest BCUT2D eigenvalue weighted by atomic mass is 16.5. The van der Waals surface area contributed by atoms with E-state index in [2.05, 4.69) is 25.1 Å². The lowest BCUT2D eigenvalue weighted by Crippen LogP contribution is -2.04. The second kappa shape index (κ2) is 8.26. The van der Waals surface area contributed by atoms with Gasteiger partial charge in [-0.1, -0.05) is 25.1 Å². The first-order valence-electron chi connectivity index (χ1n) is 7.94. The molecule has 0 saturated heterocycles. The number of benzene rings is 2. The monoisotopic (exact) mass is 325 g/mol. The zero-order chi connectivity index (χ0) is 17.5. The second-order valence-corrected chi connectivity index (χ2v) is 5.50. The molecule has 2 aromatic carbocycles. The van der Waals surface area contributed by atoms with E-state index in [1.807, 2.05) is 24.3 Å². The number of hydrogen-bond acceptors (Lipinski definition) is 4. The largest absolute Gasteiger partial charge is 0.496 e. The summed E-state index contributed by atoms with van der Waals surface area (Å²) in [5.74, 6) is 1.81. The Balaban J connectivity index is 2.35. The molecule has 0 aliphatic carbocycles. The van der Waals surface area contributed by atoms with Crippen LogP contribution in [-0.2, 0) is 12.8 Å². The molecule has 0 N–H and O–H groups in total. The molecular weight excluding hydrogens is 302 g/mol. The Bertz CT molecular complexity index is 734. The van der Waals surface area contributed by atoms with Gasteiger partial charge in [-0.3, -0.25) is 0 Å². The van der Waals surface area contributed by atoms with Crippen LogP contribution in [-0.4, -0.2) is 21.3 Å². The Morgan fingerprint density at radius 3 is 2.17 bits per heavy atom. The van der Waals surface area contributed by atoms with E-state index in [-0.39, 0.29) is 5.92 Å². The van der Waals surface area contributed by atoms with Crippen molar-refractivity contribution in [3.05, 3.63) is 53.1 Å². The molecule has 0 bridgehead atoms. The first-order valence-corrected chi connectivity index (χ1v) is 7.94. The lowest BCUT2D eigenvalue weighted by molar-refractivity contribution is 0.354. The Morgan fingerprint density at radius 1 is 0.917 bits per heavy atom. The van der Waals surface area contributed by atoms with Gasteiger partial charge in [-0.15, -0.1) is 0 Å². The van der Waals surface area contributed by atoms with E-state index in [9.17, 15) is 5.26 Å². The lowest BCUT2D eigenvalue weighted by atomic mass is 9.91. The van der Waals surface area contributed by atoms with Gasteiger partial charge < -0.3 is 14.2 Å². The zero-order valence-electron chi connectivity index (χ0n) is 14.6. The summed E-state index contributed by atoms with van der Waals surface area (Å²) in [4.78, 5) is 0. The average molecular weight is 325 g/mol. The van der Waals surface area contributed by atoms with Crippen molar-refractivity contribution in [3.63, 3.8) is 0 Å². The molecule has 0 aromatic heterocycles. The van der Waals surface area contributed by atoms with E-state index in [4.69, 9.17) is 14.2 Å². The van der Waals surface area contributed by atoms with E-state index < -0.39 is 0 Å². The van der Waals surface area contributed by atoms with Crippen LogP contribution in [0.5, 0.6) is 17.2 Å². The number of nitrogens with zero attached hydrogens (tertiary/aromatic N) is 1. The molecule has 0 saturated carbocycles. The maximum atomic E-state index is 9.66. The van der Waals surface area contributed by atoms with Gasteiger partial charge in [-0.2, -0.15) is 5.26 Å². The molecule has 24 heavy (non-hydrogen) atoms. The van der Waals surface area contributed by atoms with Gasteiger partial charge in [-0.25, -0.2) is 0 Å². The van der Waals surface area contributed by atoms with Crippen molar-refractivity contribution in [2.75, 3.05) is 21.3 Å². The summed E-state index contributed by atoms with van der Waals surface area (Å²) in [6.45, 7) is 2.11. The van der Waals surface area contributed by atoms with Gasteiger partial charge in [0.2, 0.25) is 0 Å². The smallest absolute Gasteiger partial charge is 0.161 e. The Morgan fingerprint density at radius 2 is 1.58 bits per heavy atom. The minimum Gasteiger partial charge on any atom is -0.496 e. The van der Waals surface area contributed by atoms with Crippen molar-refractivity contribution >= 4 is 0 Å². The third kappa shape index (κ3) is 3.80. The van der Waals surface area contributed by atoms with Gasteiger partial charge in [0.15, 0.2) is 11.5 Å². The average Bonchev–Trinajstić information content (AvgIpc) is 2.65. The maximum absolute atomic E-state index is 9.66. The van der Waals surface area contributed by atoms with Crippen LogP contribution in [0.1, 0.15) is 29.5 Å². The molecule has 126 valence electrons. The molecule has 0 aliphatic rings. The number of rotatable bonds is 7. The van der Waals surface area contributed by atoms with Gasteiger partial charge in [0.05, 0.1) is 33.3 Å². The molecule has 0 radical (unpaired) electrons. The van der Waals surface area contributed by atoms with Crippen molar-refractivity contribution in [1.82, 2.24) is 0 Å². The predicted molar refractivity (Wildman–Crippen MR) is 94.0 cm³/mol. The number of methoxy groups -OCH3 is 3. The van der Waals surface area contributed by atoms with Crippen LogP contribution < -0.4 is 14.2 Å². The van der Waals surface area contributed by atoms with Gasteiger partial charge in [-0.05, 0) is 47.7 Å². The lowest BCUT2D eigenvalue weighted by Gasteiger charge is -2.16. The fourth-order valence-electron chi connectivity index (χ4n) is 2.74. The third-order valence-corrected chi connectivity index (χ3v) is 4.14. The fourth-order valence-corrected chi connectivity index (χ4v) is 2.74. The topological polar surface area (TPSA) is 51.5 Å². The number of hydrogen-bond donors (Lipinski definition) is 0. The molecular formula is C20H23NO3. The quantitative estimate of drug-likeness (QED) is 0.768. The van der Waals surface area contributed by atoms with Gasteiger partial charge in [0, 0.05) is 0 Å². The minimum absolute atomic E-state index is 0.286. The van der Waals surface area contributed by atoms with Crippen LogP contribution in [0.4, 0.5) is 0 Å². The summed E-state index contributed by atoms with van der Waals surface area (Å²) in [5, 5.41) is 9.66. The molecule has 0 amide bonds. The number of aryl methyl sites for hydroxylation is 1. The summed E-state index contributed by atoms with van der Waals surface area (Å²) < 4.78 is 16.1. The highest BCUT2D eigenvalue weighted by Crippen LogP contribution is 2.33. The van der Waals surface area contributed by atoms with Gasteiger partial charge in [0.1, 0.15) is 5.75 Å². The summed E-state index contributed by atoms with van der Waals surface area (Å²) in [6, 6.07) is 14.1. The molecule has 0 aliphatic heterocycles. The molecule has 0 heterocycles. The molecule has 4 nitrogen and oxygen atoms in total. The standard InChI is InChI=1S/C20H23NO3/c1-5-14-6-8-18(22-2)16(10-14)11-17(13-21)15-7-9-19(23-3)20(12-15)24-4/h6-10,12,17H,5,11H2,1-4H3. The summed E-state index contributed by atoms with van der Waals surface area (Å²) >= 11 is 0. The first kappa shape index (κ1) is 17.7. The first-order chi connectivity index (χ1) is 11.7. The predicted octanol–water partition coefficient (Wildman–Crippen LogP) is 4.12. The fraction of sp³-hybridized carbons (Fsp3) is 0.350. The number of ether oxygens (including phenoxy) is 3. The molecule has 1 atom stereocenters. The van der Waals surface area contributed by atoms with E-state index in [0.29, 0.717) is 17.9 Å². The van der Waals surface area contributed by atoms with E-state index >= 15 is 0 Å². The van der Waals surface area contributed by atoms with Crippen molar-refractivity contribution in [1.29, 1.82) is 5.26 Å². The third-order valence-electron chi connectivity index (χ3n) is 4.14. The van der Waals surface area contributed by atoms with Crippen LogP contribution >= 0.6 is 0 Å².